The van der Waals surface area contributed by atoms with Gasteiger partial charge in [0.1, 0.15) is 4.90 Å². The smallest absolute Gasteiger partial charge is 0.265 e. The van der Waals surface area contributed by atoms with Crippen molar-refractivity contribution in [3.05, 3.63) is 45.4 Å². The van der Waals surface area contributed by atoms with Crippen LogP contribution in [0, 0.1) is 11.3 Å². The maximum Gasteiger partial charge on any atom is 0.265 e. The number of phenolic OH excluding ortho intramolecular Hbond substituents is 1. The number of rotatable bonds is 5. The van der Waals surface area contributed by atoms with Crippen LogP contribution in [0.25, 0.3) is 0 Å². The van der Waals surface area contributed by atoms with Gasteiger partial charge in [-0.15, -0.1) is 0 Å². The molecule has 3 rings (SSSR count). The van der Waals surface area contributed by atoms with E-state index in [2.05, 4.69) is 26.7 Å². The summed E-state index contributed by atoms with van der Waals surface area (Å²) in [4.78, 5) is -0.576. The van der Waals surface area contributed by atoms with Crippen molar-refractivity contribution >= 4 is 53.1 Å². The van der Waals surface area contributed by atoms with Crippen molar-refractivity contribution in [2.75, 3.05) is 11.0 Å². The fourth-order valence-corrected chi connectivity index (χ4v) is 5.98. The Balaban J connectivity index is 2.13. The number of aromatic hydroxyl groups is 1. The summed E-state index contributed by atoms with van der Waals surface area (Å²) in [6.07, 6.45) is 2.95. The molecule has 0 amide bonds. The number of hydrogen-bond donors (Lipinski definition) is 2. The molecule has 0 spiro atoms. The molecule has 0 radical (unpaired) electrons. The molecule has 11 heteroatoms. The number of benzene rings is 2. The van der Waals surface area contributed by atoms with Crippen LogP contribution in [0.2, 0.25) is 5.02 Å². The van der Waals surface area contributed by atoms with E-state index in [9.17, 15) is 27.2 Å². The third kappa shape index (κ3) is 4.23. The van der Waals surface area contributed by atoms with Crippen molar-refractivity contribution in [3.8, 4) is 11.8 Å². The molecule has 0 aromatic heterocycles. The average Bonchev–Trinajstić information content (AvgIpc) is 2.56. The molecule has 0 aliphatic heterocycles. The number of nitrogens with zero attached hydrogens (tertiary/aromatic N) is 1. The number of sulfonamides is 1. The highest BCUT2D eigenvalue weighted by Gasteiger charge is 2.40. The molecule has 1 aliphatic rings. The number of halogens is 2. The van der Waals surface area contributed by atoms with E-state index in [4.69, 9.17) is 11.6 Å². The van der Waals surface area contributed by atoms with Gasteiger partial charge in [-0.05, 0) is 55.2 Å². The lowest BCUT2D eigenvalue weighted by molar-refractivity contribution is 0.323. The summed E-state index contributed by atoms with van der Waals surface area (Å²) in [7, 11) is -7.97. The van der Waals surface area contributed by atoms with Crippen molar-refractivity contribution in [1.29, 1.82) is 5.26 Å². The SMILES string of the molecule is CS(=O)(=O)c1cc(NS(=O)(=O)c2cc(Br)cc(Cl)c2O)cc(C2(C#N)CCC2)c1. The predicted molar refractivity (Wildman–Crippen MR) is 112 cm³/mol. The molecular weight excluding hydrogens is 504 g/mol. The molecule has 29 heavy (non-hydrogen) atoms. The second-order valence-electron chi connectivity index (χ2n) is 6.91. The molecule has 7 nitrogen and oxygen atoms in total. The molecule has 1 saturated carbocycles. The second kappa shape index (κ2) is 7.47. The zero-order valence-electron chi connectivity index (χ0n) is 15.1. The highest BCUT2D eigenvalue weighted by atomic mass is 79.9. The van der Waals surface area contributed by atoms with Crippen LogP contribution in [0.4, 0.5) is 5.69 Å². The Labute approximate surface area is 182 Å². The van der Waals surface area contributed by atoms with Crippen LogP contribution < -0.4 is 4.72 Å². The Morgan fingerprint density at radius 3 is 2.34 bits per heavy atom. The summed E-state index contributed by atoms with van der Waals surface area (Å²) in [5.74, 6) is -0.630. The van der Waals surface area contributed by atoms with E-state index in [-0.39, 0.29) is 15.6 Å². The van der Waals surface area contributed by atoms with Crippen LogP contribution in [0.3, 0.4) is 0 Å². The lowest BCUT2D eigenvalue weighted by atomic mass is 9.65. The van der Waals surface area contributed by atoms with E-state index >= 15 is 0 Å². The monoisotopic (exact) mass is 518 g/mol. The van der Waals surface area contributed by atoms with Crippen LogP contribution in [0.5, 0.6) is 5.75 Å². The molecule has 0 unspecified atom stereocenters. The Bertz CT molecular complexity index is 1250. The first-order valence-corrected chi connectivity index (χ1v) is 12.9. The Morgan fingerprint density at radius 1 is 1.17 bits per heavy atom. The van der Waals surface area contributed by atoms with Gasteiger partial charge in [0, 0.05) is 10.7 Å². The maximum absolute atomic E-state index is 12.8. The van der Waals surface area contributed by atoms with Gasteiger partial charge in [0.05, 0.1) is 27.1 Å². The Morgan fingerprint density at radius 2 is 1.83 bits per heavy atom. The van der Waals surface area contributed by atoms with Gasteiger partial charge in [-0.3, -0.25) is 4.72 Å². The first-order chi connectivity index (χ1) is 13.4. The normalized spacial score (nSPS) is 15.9. The van der Waals surface area contributed by atoms with Crippen molar-refractivity contribution in [3.63, 3.8) is 0 Å². The second-order valence-corrected chi connectivity index (χ2v) is 11.9. The minimum Gasteiger partial charge on any atom is -0.505 e. The molecule has 1 fully saturated rings. The molecular formula is C18H16BrClN2O5S2. The Kier molecular flexibility index (Phi) is 5.64. The van der Waals surface area contributed by atoms with E-state index in [0.29, 0.717) is 22.9 Å². The number of sulfone groups is 1. The topological polar surface area (TPSA) is 124 Å². The van der Waals surface area contributed by atoms with E-state index in [1.54, 1.807) is 0 Å². The zero-order chi connectivity index (χ0) is 21.6. The van der Waals surface area contributed by atoms with Crippen molar-refractivity contribution in [1.82, 2.24) is 0 Å². The number of hydrogen-bond acceptors (Lipinski definition) is 6. The van der Waals surface area contributed by atoms with Gasteiger partial charge < -0.3 is 5.11 Å². The van der Waals surface area contributed by atoms with Crippen LogP contribution in [0.15, 0.2) is 44.6 Å². The first kappa shape index (κ1) is 21.9. The molecule has 2 N–H and O–H groups in total. The van der Waals surface area contributed by atoms with Gasteiger partial charge in [0.15, 0.2) is 15.6 Å². The third-order valence-electron chi connectivity index (χ3n) is 4.84. The maximum atomic E-state index is 12.8. The van der Waals surface area contributed by atoms with E-state index in [0.717, 1.165) is 12.7 Å². The van der Waals surface area contributed by atoms with Crippen molar-refractivity contribution in [2.45, 2.75) is 34.5 Å². The summed E-state index contributed by atoms with van der Waals surface area (Å²) in [6, 6.07) is 8.77. The minimum absolute atomic E-state index is 0.0278. The van der Waals surface area contributed by atoms with Crippen LogP contribution in [0.1, 0.15) is 24.8 Å². The van der Waals surface area contributed by atoms with Crippen LogP contribution >= 0.6 is 27.5 Å². The van der Waals surface area contributed by atoms with Gasteiger partial charge in [-0.1, -0.05) is 27.5 Å². The fraction of sp³-hybridized carbons (Fsp3) is 0.278. The predicted octanol–water partition coefficient (Wildman–Crippen LogP) is 3.96. The van der Waals surface area contributed by atoms with Gasteiger partial charge in [-0.25, -0.2) is 16.8 Å². The quantitative estimate of drug-likeness (QED) is 0.616. The molecule has 2 aromatic rings. The largest absolute Gasteiger partial charge is 0.505 e. The summed E-state index contributed by atoms with van der Waals surface area (Å²) in [5.41, 5.74) is -0.439. The van der Waals surface area contributed by atoms with Gasteiger partial charge in [0.25, 0.3) is 10.0 Å². The van der Waals surface area contributed by atoms with E-state index in [1.165, 1.54) is 30.3 Å². The number of nitriles is 1. The third-order valence-corrected chi connectivity index (χ3v) is 8.08. The fourth-order valence-electron chi connectivity index (χ4n) is 3.10. The zero-order valence-corrected chi connectivity index (χ0v) is 19.1. The lowest BCUT2D eigenvalue weighted by Gasteiger charge is -2.36. The molecule has 2 aromatic carbocycles. The summed E-state index contributed by atoms with van der Waals surface area (Å²) < 4.78 is 52.5. The molecule has 0 bridgehead atoms. The highest BCUT2D eigenvalue weighted by Crippen LogP contribution is 2.45. The number of anilines is 1. The summed E-state index contributed by atoms with van der Waals surface area (Å²) in [6.45, 7) is 0. The minimum atomic E-state index is -4.30. The summed E-state index contributed by atoms with van der Waals surface area (Å²) >= 11 is 8.98. The van der Waals surface area contributed by atoms with Gasteiger partial charge in [-0.2, -0.15) is 5.26 Å². The summed E-state index contributed by atoms with van der Waals surface area (Å²) in [5, 5.41) is 19.5. The standard InChI is InChI=1S/C18H16BrClN2O5S2/c1-28(24,25)14-6-11(18(10-21)3-2-4-18)5-13(9-14)22-29(26,27)16-8-12(19)7-15(20)17(16)23/h5-9,22-23H,2-4H2,1H3. The van der Waals surface area contributed by atoms with Crippen LogP contribution in [-0.4, -0.2) is 28.2 Å². The highest BCUT2D eigenvalue weighted by molar-refractivity contribution is 9.10. The lowest BCUT2D eigenvalue weighted by Crippen LogP contribution is -2.32. The van der Waals surface area contributed by atoms with Gasteiger partial charge >= 0.3 is 0 Å². The molecule has 0 atom stereocenters. The Hall–Kier alpha value is -1.80. The number of phenols is 1. The molecule has 0 saturated heterocycles. The van der Waals surface area contributed by atoms with Gasteiger partial charge in [0.2, 0.25) is 0 Å². The molecule has 0 heterocycles. The molecule has 1 aliphatic carbocycles. The molecule has 154 valence electrons. The van der Waals surface area contributed by atoms with Crippen molar-refractivity contribution in [2.24, 2.45) is 0 Å². The average molecular weight is 520 g/mol. The van der Waals surface area contributed by atoms with E-state index < -0.39 is 35.9 Å². The van der Waals surface area contributed by atoms with Crippen molar-refractivity contribution < 1.29 is 21.9 Å². The van der Waals surface area contributed by atoms with Crippen LogP contribution in [-0.2, 0) is 25.3 Å². The first-order valence-electron chi connectivity index (χ1n) is 8.36. The van der Waals surface area contributed by atoms with E-state index in [1.807, 2.05) is 0 Å². The number of nitrogens with one attached hydrogen (secondary N) is 1.